The van der Waals surface area contributed by atoms with Crippen LogP contribution in [0.2, 0.25) is 0 Å². The van der Waals surface area contributed by atoms with Crippen molar-refractivity contribution in [2.75, 3.05) is 12.3 Å². The summed E-state index contributed by atoms with van der Waals surface area (Å²) >= 11 is 0. The lowest BCUT2D eigenvalue weighted by Crippen LogP contribution is -2.36. The minimum atomic E-state index is -4.25. The number of nitriles is 1. The number of aromatic nitrogens is 2. The smallest absolute Gasteiger partial charge is 0.459 e. The lowest BCUT2D eigenvalue weighted by atomic mass is 9.87. The number of nitrogens with two attached hydrogens (primary N) is 1. The molecule has 1 aromatic carbocycles. The van der Waals surface area contributed by atoms with Crippen LogP contribution >= 0.6 is 7.75 Å². The summed E-state index contributed by atoms with van der Waals surface area (Å²) in [5.74, 6) is -1.18. The molecular formula is C23H29FN5O7P. The Hall–Kier alpha value is -3.30. The highest BCUT2D eigenvalue weighted by Crippen LogP contribution is 2.48. The van der Waals surface area contributed by atoms with E-state index in [1.807, 2.05) is 0 Å². The van der Waals surface area contributed by atoms with Gasteiger partial charge >= 0.3 is 19.4 Å². The average molecular weight is 537 g/mol. The summed E-state index contributed by atoms with van der Waals surface area (Å²) in [7, 11) is -4.25. The van der Waals surface area contributed by atoms with E-state index in [2.05, 4.69) is 16.1 Å². The maximum absolute atomic E-state index is 13.6. The van der Waals surface area contributed by atoms with Crippen LogP contribution in [-0.2, 0) is 23.4 Å². The molecule has 0 amide bonds. The first-order valence-electron chi connectivity index (χ1n) is 11.4. The first-order chi connectivity index (χ1) is 17.3. The molecule has 0 spiro atoms. The van der Waals surface area contributed by atoms with Gasteiger partial charge in [-0.25, -0.2) is 13.8 Å². The van der Waals surface area contributed by atoms with Crippen molar-refractivity contribution in [3.8, 4) is 11.8 Å². The normalized spacial score (nSPS) is 23.7. The van der Waals surface area contributed by atoms with Gasteiger partial charge in [0.05, 0.1) is 24.9 Å². The van der Waals surface area contributed by atoms with E-state index < -0.39 is 55.1 Å². The maximum atomic E-state index is 13.6. The summed E-state index contributed by atoms with van der Waals surface area (Å²) in [6, 6.07) is 7.19. The van der Waals surface area contributed by atoms with E-state index in [1.54, 1.807) is 20.8 Å². The fraction of sp³-hybridized carbons (Fsp3) is 0.478. The predicted molar refractivity (Wildman–Crippen MR) is 130 cm³/mol. The topological polar surface area (TPSA) is 168 Å². The van der Waals surface area contributed by atoms with E-state index in [9.17, 15) is 23.8 Å². The molecule has 0 saturated carbocycles. The molecule has 2 heterocycles. The molecule has 1 saturated heterocycles. The van der Waals surface area contributed by atoms with Crippen LogP contribution in [0, 0.1) is 22.6 Å². The molecule has 200 valence electrons. The van der Waals surface area contributed by atoms with Gasteiger partial charge in [0.15, 0.2) is 6.23 Å². The van der Waals surface area contributed by atoms with Crippen molar-refractivity contribution >= 4 is 19.5 Å². The van der Waals surface area contributed by atoms with E-state index in [4.69, 9.17) is 24.3 Å². The quantitative estimate of drug-likeness (QED) is 0.338. The van der Waals surface area contributed by atoms with Crippen molar-refractivity contribution in [3.63, 3.8) is 0 Å². The van der Waals surface area contributed by atoms with E-state index >= 15 is 0 Å². The van der Waals surface area contributed by atoms with Crippen LogP contribution in [0.3, 0.4) is 0 Å². The summed E-state index contributed by atoms with van der Waals surface area (Å²) in [6.45, 7) is 6.03. The molecule has 0 aliphatic carbocycles. The summed E-state index contributed by atoms with van der Waals surface area (Å²) in [6.07, 6.45) is -0.720. The van der Waals surface area contributed by atoms with Gasteiger partial charge in [0.1, 0.15) is 28.8 Å². The van der Waals surface area contributed by atoms with Gasteiger partial charge in [-0.1, -0.05) is 0 Å². The fourth-order valence-electron chi connectivity index (χ4n) is 3.66. The molecule has 3 rings (SSSR count). The Balaban J connectivity index is 1.79. The number of ether oxygens (including phenoxy) is 2. The Bertz CT molecular complexity index is 1270. The third kappa shape index (κ3) is 7.14. The number of carbonyl (C=O) groups is 1. The molecule has 1 aliphatic rings. The average Bonchev–Trinajstić information content (AvgIpc) is 3.16. The van der Waals surface area contributed by atoms with Gasteiger partial charge in [0, 0.05) is 6.20 Å². The number of rotatable bonds is 10. The molecule has 37 heavy (non-hydrogen) atoms. The number of hydrogen-bond donors (Lipinski definition) is 2. The Labute approximate surface area is 213 Å². The lowest BCUT2D eigenvalue weighted by Gasteiger charge is -2.24. The van der Waals surface area contributed by atoms with Crippen molar-refractivity contribution in [2.45, 2.75) is 58.6 Å². The first kappa shape index (κ1) is 28.3. The number of hydrogen-bond acceptors (Lipinski definition) is 10. The zero-order valence-electron chi connectivity index (χ0n) is 20.8. The Morgan fingerprint density at radius 2 is 2.05 bits per heavy atom. The first-order valence-corrected chi connectivity index (χ1v) is 13.0. The number of nitrogen functional groups attached to an aromatic ring is 1. The Morgan fingerprint density at radius 3 is 2.65 bits per heavy atom. The minimum Gasteiger partial charge on any atom is -0.462 e. The summed E-state index contributed by atoms with van der Waals surface area (Å²) < 4.78 is 50.3. The van der Waals surface area contributed by atoms with Crippen LogP contribution in [0.5, 0.6) is 5.75 Å². The van der Waals surface area contributed by atoms with Gasteiger partial charge in [-0.05, 0) is 64.4 Å². The summed E-state index contributed by atoms with van der Waals surface area (Å²) in [5.41, 5.74) is 3.70. The SMILES string of the molecule is CC(C)OC(=O)C(C)NP(=O)(OCC1CC(C)(C#N)C(n2ccc(N)nc2=O)O1)Oc1ccc(F)cc1. The van der Waals surface area contributed by atoms with Crippen LogP contribution in [0.25, 0.3) is 0 Å². The Morgan fingerprint density at radius 1 is 1.38 bits per heavy atom. The molecule has 5 atom stereocenters. The van der Waals surface area contributed by atoms with Gasteiger partial charge < -0.3 is 19.7 Å². The molecular weight excluding hydrogens is 508 g/mol. The van der Waals surface area contributed by atoms with Crippen LogP contribution < -0.4 is 21.0 Å². The second kappa shape index (κ2) is 11.4. The van der Waals surface area contributed by atoms with Gasteiger partial charge in [-0.2, -0.15) is 15.3 Å². The molecule has 0 bridgehead atoms. The third-order valence-corrected chi connectivity index (χ3v) is 7.05. The van der Waals surface area contributed by atoms with Crippen molar-refractivity contribution < 1.29 is 32.3 Å². The molecule has 3 N–H and O–H groups in total. The number of nitrogens with zero attached hydrogens (tertiary/aromatic N) is 3. The van der Waals surface area contributed by atoms with Gasteiger partial charge in [-0.3, -0.25) is 13.9 Å². The van der Waals surface area contributed by atoms with Crippen molar-refractivity contribution in [2.24, 2.45) is 5.41 Å². The number of esters is 1. The van der Waals surface area contributed by atoms with E-state index in [0.29, 0.717) is 0 Å². The molecule has 1 aromatic heterocycles. The maximum Gasteiger partial charge on any atom is 0.459 e. The highest BCUT2D eigenvalue weighted by Gasteiger charge is 2.48. The number of benzene rings is 1. The highest BCUT2D eigenvalue weighted by molar-refractivity contribution is 7.52. The molecule has 0 radical (unpaired) electrons. The Kier molecular flexibility index (Phi) is 8.71. The van der Waals surface area contributed by atoms with Gasteiger partial charge in [0.25, 0.3) is 0 Å². The van der Waals surface area contributed by atoms with Crippen molar-refractivity contribution in [3.05, 3.63) is 52.8 Å². The highest BCUT2D eigenvalue weighted by atomic mass is 31.2. The van der Waals surface area contributed by atoms with Crippen molar-refractivity contribution in [1.29, 1.82) is 5.26 Å². The molecule has 14 heteroatoms. The number of carbonyl (C=O) groups excluding carboxylic acids is 1. The van der Waals surface area contributed by atoms with Crippen molar-refractivity contribution in [1.82, 2.24) is 14.6 Å². The lowest BCUT2D eigenvalue weighted by molar-refractivity contribution is -0.149. The van der Waals surface area contributed by atoms with E-state index in [1.165, 1.54) is 31.3 Å². The number of nitrogens with one attached hydrogen (secondary N) is 1. The number of anilines is 1. The second-order valence-electron chi connectivity index (χ2n) is 9.06. The monoisotopic (exact) mass is 537 g/mol. The van der Waals surface area contributed by atoms with E-state index in [0.717, 1.165) is 16.7 Å². The molecule has 5 unspecified atom stereocenters. The molecule has 1 fully saturated rings. The summed E-state index contributed by atoms with van der Waals surface area (Å²) in [4.78, 5) is 28.3. The molecule has 1 aliphatic heterocycles. The van der Waals surface area contributed by atoms with E-state index in [-0.39, 0.29) is 24.6 Å². The standard InChI is InChI=1S/C23H29FN5O7P/c1-14(2)34-20(30)15(3)28-37(32,36-17-7-5-16(24)6-8-17)33-12-18-11-23(4,13-25)21(35-18)29-10-9-19(26)27-22(29)31/h5-10,14-15,18,21H,11-12H2,1-4H3,(H,28,32)(H2,26,27,31). The van der Waals surface area contributed by atoms with Gasteiger partial charge in [0.2, 0.25) is 0 Å². The number of halogens is 1. The van der Waals surface area contributed by atoms with Crippen LogP contribution in [0.15, 0.2) is 41.3 Å². The summed E-state index contributed by atoms with van der Waals surface area (Å²) in [5, 5.41) is 12.3. The zero-order chi connectivity index (χ0) is 27.4. The van der Waals surface area contributed by atoms with Crippen LogP contribution in [0.1, 0.15) is 40.3 Å². The van der Waals surface area contributed by atoms with Gasteiger partial charge in [-0.15, -0.1) is 0 Å². The molecule has 2 aromatic rings. The van der Waals surface area contributed by atoms with Crippen LogP contribution in [-0.4, -0.2) is 40.4 Å². The molecule has 12 nitrogen and oxygen atoms in total. The predicted octanol–water partition coefficient (Wildman–Crippen LogP) is 2.92. The third-order valence-electron chi connectivity index (χ3n) is 5.40. The zero-order valence-corrected chi connectivity index (χ0v) is 21.7. The largest absolute Gasteiger partial charge is 0.462 e. The minimum absolute atomic E-state index is 0.0212. The fourth-order valence-corrected chi connectivity index (χ4v) is 5.18. The second-order valence-corrected chi connectivity index (χ2v) is 10.8. The van der Waals surface area contributed by atoms with Crippen LogP contribution in [0.4, 0.5) is 10.2 Å².